The van der Waals surface area contributed by atoms with Crippen LogP contribution >= 0.6 is 11.6 Å². The SMILES string of the molecule is N#Cc1c(F)ccc(N)c1Cl. The predicted octanol–water partition coefficient (Wildman–Crippen LogP) is 1.93. The van der Waals surface area contributed by atoms with Gasteiger partial charge in [0.25, 0.3) is 0 Å². The van der Waals surface area contributed by atoms with Gasteiger partial charge in [0.1, 0.15) is 17.4 Å². The maximum Gasteiger partial charge on any atom is 0.142 e. The number of hydrogen-bond donors (Lipinski definition) is 1. The van der Waals surface area contributed by atoms with Crippen molar-refractivity contribution in [3.8, 4) is 6.07 Å². The lowest BCUT2D eigenvalue weighted by Gasteiger charge is -1.99. The molecule has 0 fully saturated rings. The number of anilines is 1. The fourth-order valence-corrected chi connectivity index (χ4v) is 0.867. The summed E-state index contributed by atoms with van der Waals surface area (Å²) in [5, 5.41) is 8.37. The van der Waals surface area contributed by atoms with E-state index >= 15 is 0 Å². The largest absolute Gasteiger partial charge is 0.397 e. The Morgan fingerprint density at radius 2 is 2.18 bits per heavy atom. The zero-order valence-corrected chi connectivity index (χ0v) is 6.19. The van der Waals surface area contributed by atoms with Gasteiger partial charge in [-0.05, 0) is 12.1 Å². The number of nitriles is 1. The van der Waals surface area contributed by atoms with Gasteiger partial charge in [-0.15, -0.1) is 0 Å². The molecule has 0 unspecified atom stereocenters. The van der Waals surface area contributed by atoms with Gasteiger partial charge in [-0.1, -0.05) is 11.6 Å². The third-order valence-corrected chi connectivity index (χ3v) is 1.64. The van der Waals surface area contributed by atoms with Crippen LogP contribution in [0.2, 0.25) is 5.02 Å². The summed E-state index contributed by atoms with van der Waals surface area (Å²) < 4.78 is 12.7. The minimum absolute atomic E-state index is 0.0208. The minimum atomic E-state index is -0.647. The van der Waals surface area contributed by atoms with Crippen LogP contribution in [0.25, 0.3) is 0 Å². The van der Waals surface area contributed by atoms with Crippen LogP contribution < -0.4 is 5.73 Å². The summed E-state index contributed by atoms with van der Waals surface area (Å²) in [5.41, 5.74) is 5.33. The zero-order valence-electron chi connectivity index (χ0n) is 5.44. The van der Waals surface area contributed by atoms with Crippen molar-refractivity contribution in [2.75, 3.05) is 5.73 Å². The number of nitrogens with zero attached hydrogens (tertiary/aromatic N) is 1. The third-order valence-electron chi connectivity index (χ3n) is 1.23. The highest BCUT2D eigenvalue weighted by Crippen LogP contribution is 2.24. The molecule has 2 N–H and O–H groups in total. The van der Waals surface area contributed by atoms with Crippen molar-refractivity contribution in [3.63, 3.8) is 0 Å². The molecule has 0 bridgehead atoms. The molecule has 0 spiro atoms. The second-order valence-corrected chi connectivity index (χ2v) is 2.32. The van der Waals surface area contributed by atoms with Crippen LogP contribution in [0.1, 0.15) is 5.56 Å². The normalized spacial score (nSPS) is 9.18. The van der Waals surface area contributed by atoms with Crippen molar-refractivity contribution >= 4 is 17.3 Å². The highest BCUT2D eigenvalue weighted by molar-refractivity contribution is 6.34. The molecule has 0 saturated heterocycles. The summed E-state index contributed by atoms with van der Waals surface area (Å²) in [6.07, 6.45) is 0. The Morgan fingerprint density at radius 3 is 2.64 bits per heavy atom. The first-order chi connectivity index (χ1) is 5.16. The smallest absolute Gasteiger partial charge is 0.142 e. The van der Waals surface area contributed by atoms with Crippen LogP contribution in [0.5, 0.6) is 0 Å². The molecule has 11 heavy (non-hydrogen) atoms. The van der Waals surface area contributed by atoms with Crippen molar-refractivity contribution in [2.24, 2.45) is 0 Å². The number of rotatable bonds is 0. The average molecular weight is 171 g/mol. The first kappa shape index (κ1) is 7.83. The van der Waals surface area contributed by atoms with Crippen LogP contribution in [-0.2, 0) is 0 Å². The Morgan fingerprint density at radius 1 is 1.55 bits per heavy atom. The van der Waals surface area contributed by atoms with Gasteiger partial charge in [-0.2, -0.15) is 5.26 Å². The van der Waals surface area contributed by atoms with E-state index in [1.165, 1.54) is 6.07 Å². The molecular formula is C7H4ClFN2. The summed E-state index contributed by atoms with van der Waals surface area (Å²) >= 11 is 5.51. The second-order valence-electron chi connectivity index (χ2n) is 1.94. The molecule has 1 rings (SSSR count). The Labute approximate surface area is 68.0 Å². The monoisotopic (exact) mass is 170 g/mol. The summed E-state index contributed by atoms with van der Waals surface area (Å²) in [7, 11) is 0. The predicted molar refractivity (Wildman–Crippen MR) is 40.5 cm³/mol. The Bertz CT molecular complexity index is 330. The molecule has 0 aliphatic rings. The van der Waals surface area contributed by atoms with Crippen LogP contribution in [0.4, 0.5) is 10.1 Å². The van der Waals surface area contributed by atoms with Crippen molar-refractivity contribution < 1.29 is 4.39 Å². The van der Waals surface area contributed by atoms with Gasteiger partial charge < -0.3 is 5.73 Å². The van der Waals surface area contributed by atoms with E-state index < -0.39 is 5.82 Å². The van der Waals surface area contributed by atoms with Gasteiger partial charge in [-0.3, -0.25) is 0 Å². The number of halogens is 2. The van der Waals surface area contributed by atoms with E-state index in [4.69, 9.17) is 22.6 Å². The van der Waals surface area contributed by atoms with Gasteiger partial charge in [0.05, 0.1) is 10.7 Å². The van der Waals surface area contributed by atoms with E-state index in [1.54, 1.807) is 6.07 Å². The number of hydrogen-bond acceptors (Lipinski definition) is 2. The zero-order chi connectivity index (χ0) is 8.43. The van der Waals surface area contributed by atoms with E-state index in [0.717, 1.165) is 6.07 Å². The minimum Gasteiger partial charge on any atom is -0.397 e. The van der Waals surface area contributed by atoms with Crippen LogP contribution in [-0.4, -0.2) is 0 Å². The standard InChI is InChI=1S/C7H4ClFN2/c8-7-4(3-10)5(9)1-2-6(7)11/h1-2H,11H2. The lowest BCUT2D eigenvalue weighted by Crippen LogP contribution is -1.91. The number of nitrogen functional groups attached to an aromatic ring is 1. The van der Waals surface area contributed by atoms with Gasteiger partial charge in [0.15, 0.2) is 0 Å². The molecule has 1 aromatic carbocycles. The summed E-state index contributed by atoms with van der Waals surface area (Å²) in [5.74, 6) is -0.647. The van der Waals surface area contributed by atoms with Crippen LogP contribution in [0.3, 0.4) is 0 Å². The Kier molecular flexibility index (Phi) is 1.97. The Balaban J connectivity index is 3.44. The second kappa shape index (κ2) is 2.77. The van der Waals surface area contributed by atoms with E-state index in [1.807, 2.05) is 0 Å². The maximum atomic E-state index is 12.7. The summed E-state index contributed by atoms with van der Waals surface area (Å²) in [4.78, 5) is 0. The van der Waals surface area contributed by atoms with Crippen molar-refractivity contribution in [2.45, 2.75) is 0 Å². The molecular weight excluding hydrogens is 167 g/mol. The topological polar surface area (TPSA) is 49.8 Å². The van der Waals surface area contributed by atoms with E-state index in [9.17, 15) is 4.39 Å². The molecule has 0 amide bonds. The lowest BCUT2D eigenvalue weighted by molar-refractivity contribution is 0.624. The molecule has 0 aromatic heterocycles. The number of nitrogens with two attached hydrogens (primary N) is 1. The quantitative estimate of drug-likeness (QED) is 0.605. The van der Waals surface area contributed by atoms with E-state index in [0.29, 0.717) is 0 Å². The summed E-state index contributed by atoms with van der Waals surface area (Å²) in [6.45, 7) is 0. The molecule has 0 radical (unpaired) electrons. The Hall–Kier alpha value is -1.27. The highest BCUT2D eigenvalue weighted by Gasteiger charge is 2.08. The molecule has 2 nitrogen and oxygen atoms in total. The molecule has 56 valence electrons. The molecule has 4 heteroatoms. The third kappa shape index (κ3) is 1.26. The van der Waals surface area contributed by atoms with Gasteiger partial charge in [0.2, 0.25) is 0 Å². The first-order valence-corrected chi connectivity index (χ1v) is 3.18. The van der Waals surface area contributed by atoms with Crippen molar-refractivity contribution in [1.82, 2.24) is 0 Å². The highest BCUT2D eigenvalue weighted by atomic mass is 35.5. The fraction of sp³-hybridized carbons (Fsp3) is 0. The maximum absolute atomic E-state index is 12.7. The molecule has 0 saturated carbocycles. The van der Waals surface area contributed by atoms with E-state index in [-0.39, 0.29) is 16.3 Å². The van der Waals surface area contributed by atoms with Crippen LogP contribution in [0.15, 0.2) is 12.1 Å². The average Bonchev–Trinajstić information content (AvgIpc) is 1.99. The van der Waals surface area contributed by atoms with Crippen molar-refractivity contribution in [1.29, 1.82) is 5.26 Å². The van der Waals surface area contributed by atoms with E-state index in [2.05, 4.69) is 0 Å². The molecule has 1 aromatic rings. The van der Waals surface area contributed by atoms with Gasteiger partial charge >= 0.3 is 0 Å². The molecule has 0 aliphatic carbocycles. The fourth-order valence-electron chi connectivity index (χ4n) is 0.671. The van der Waals surface area contributed by atoms with Crippen molar-refractivity contribution in [3.05, 3.63) is 28.5 Å². The van der Waals surface area contributed by atoms with Gasteiger partial charge in [0, 0.05) is 0 Å². The molecule has 0 heterocycles. The molecule has 0 aliphatic heterocycles. The molecule has 0 atom stereocenters. The van der Waals surface area contributed by atoms with Gasteiger partial charge in [-0.25, -0.2) is 4.39 Å². The van der Waals surface area contributed by atoms with Crippen LogP contribution in [0, 0.1) is 17.1 Å². The summed E-state index contributed by atoms with van der Waals surface area (Å²) in [6, 6.07) is 4.05. The lowest BCUT2D eigenvalue weighted by atomic mass is 10.2. The number of benzene rings is 1. The first-order valence-electron chi connectivity index (χ1n) is 2.80.